The van der Waals surface area contributed by atoms with Crippen LogP contribution in [0, 0.1) is 0 Å². The molecule has 26 heavy (non-hydrogen) atoms. The Kier molecular flexibility index (Phi) is 7.19. The van der Waals surface area contributed by atoms with Gasteiger partial charge in [-0.3, -0.25) is 9.89 Å². The molecule has 146 valence electrons. The molecule has 1 saturated carbocycles. The zero-order valence-electron chi connectivity index (χ0n) is 16.2. The smallest absolute Gasteiger partial charge is 0.191 e. The van der Waals surface area contributed by atoms with Crippen LogP contribution in [0.1, 0.15) is 38.4 Å². The summed E-state index contributed by atoms with van der Waals surface area (Å²) in [6.45, 7) is 7.22. The first-order chi connectivity index (χ1) is 12.8. The highest BCUT2D eigenvalue weighted by Gasteiger charge is 2.39. The number of nitrogens with one attached hydrogen (secondary N) is 2. The monoisotopic (exact) mass is 379 g/mol. The lowest BCUT2D eigenvalue weighted by molar-refractivity contribution is 0.107. The van der Waals surface area contributed by atoms with Crippen LogP contribution in [0.5, 0.6) is 0 Å². The van der Waals surface area contributed by atoms with E-state index in [-0.39, 0.29) is 0 Å². The molecule has 2 heterocycles. The number of nitrogens with zero attached hydrogens (tertiary/aromatic N) is 5. The number of aliphatic imine (C=N–C) groups is 1. The molecule has 3 rings (SSSR count). The lowest BCUT2D eigenvalue weighted by atomic mass is 9.94. The molecule has 2 aliphatic rings. The second-order valence-electron chi connectivity index (χ2n) is 7.18. The Hall–Kier alpha value is -1.28. The van der Waals surface area contributed by atoms with E-state index < -0.39 is 0 Å². The Bertz CT molecular complexity index is 574. The first kappa shape index (κ1) is 19.5. The van der Waals surface area contributed by atoms with Crippen molar-refractivity contribution in [1.82, 2.24) is 30.3 Å². The molecule has 0 bridgehead atoms. The highest BCUT2D eigenvalue weighted by molar-refractivity contribution is 7.99. The average Bonchev–Trinajstić information content (AvgIpc) is 3.35. The quantitative estimate of drug-likeness (QED) is 0.551. The fourth-order valence-electron chi connectivity index (χ4n) is 4.18. The van der Waals surface area contributed by atoms with Crippen molar-refractivity contribution >= 4 is 17.7 Å². The van der Waals surface area contributed by atoms with E-state index in [9.17, 15) is 0 Å². The standard InChI is InChI=1S/C18H33N7S/c1-3-16-23-22-15-24(16)9-8-20-17(19-2)21-14-18(6-4-5-7-18)25-10-12-26-13-11-25/h15H,3-14H2,1-2H3,(H2,19,20,21). The molecule has 0 spiro atoms. The third-order valence-electron chi connectivity index (χ3n) is 5.68. The lowest BCUT2D eigenvalue weighted by Crippen LogP contribution is -2.57. The first-order valence-corrected chi connectivity index (χ1v) is 11.1. The fraction of sp³-hybridized carbons (Fsp3) is 0.833. The second-order valence-corrected chi connectivity index (χ2v) is 8.40. The zero-order chi connectivity index (χ0) is 18.2. The molecule has 0 unspecified atom stereocenters. The van der Waals surface area contributed by atoms with E-state index in [2.05, 4.69) is 54.0 Å². The molecule has 1 aliphatic carbocycles. The third-order valence-corrected chi connectivity index (χ3v) is 6.62. The maximum atomic E-state index is 4.42. The van der Waals surface area contributed by atoms with Crippen molar-refractivity contribution in [2.24, 2.45) is 4.99 Å². The summed E-state index contributed by atoms with van der Waals surface area (Å²) >= 11 is 2.09. The lowest BCUT2D eigenvalue weighted by Gasteiger charge is -2.43. The zero-order valence-corrected chi connectivity index (χ0v) is 17.0. The number of aromatic nitrogens is 3. The van der Waals surface area contributed by atoms with Crippen molar-refractivity contribution in [1.29, 1.82) is 0 Å². The van der Waals surface area contributed by atoms with Crippen molar-refractivity contribution in [3.63, 3.8) is 0 Å². The number of aryl methyl sites for hydroxylation is 1. The van der Waals surface area contributed by atoms with Gasteiger partial charge in [-0.05, 0) is 12.8 Å². The Balaban J connectivity index is 1.49. The number of rotatable bonds is 7. The van der Waals surface area contributed by atoms with Crippen LogP contribution in [0.2, 0.25) is 0 Å². The highest BCUT2D eigenvalue weighted by Crippen LogP contribution is 2.36. The minimum absolute atomic E-state index is 0.322. The van der Waals surface area contributed by atoms with Gasteiger partial charge in [0.15, 0.2) is 5.96 Å². The predicted molar refractivity (Wildman–Crippen MR) is 109 cm³/mol. The van der Waals surface area contributed by atoms with E-state index >= 15 is 0 Å². The summed E-state index contributed by atoms with van der Waals surface area (Å²) in [6.07, 6.45) is 8.03. The first-order valence-electron chi connectivity index (χ1n) is 9.91. The van der Waals surface area contributed by atoms with Gasteiger partial charge in [0.25, 0.3) is 0 Å². The van der Waals surface area contributed by atoms with E-state index in [1.165, 1.54) is 50.3 Å². The van der Waals surface area contributed by atoms with Gasteiger partial charge in [-0.15, -0.1) is 10.2 Å². The van der Waals surface area contributed by atoms with E-state index in [1.54, 1.807) is 6.33 Å². The van der Waals surface area contributed by atoms with Crippen molar-refractivity contribution in [3.05, 3.63) is 12.2 Å². The van der Waals surface area contributed by atoms with Gasteiger partial charge in [-0.2, -0.15) is 11.8 Å². The van der Waals surface area contributed by atoms with E-state index in [0.29, 0.717) is 5.54 Å². The van der Waals surface area contributed by atoms with Crippen LogP contribution < -0.4 is 10.6 Å². The Morgan fingerprint density at radius 2 is 2.04 bits per heavy atom. The summed E-state index contributed by atoms with van der Waals surface area (Å²) in [4.78, 5) is 7.16. The highest BCUT2D eigenvalue weighted by atomic mass is 32.2. The molecule has 0 radical (unpaired) electrons. The molecule has 2 N–H and O–H groups in total. The molecule has 1 aromatic rings. The number of hydrogen-bond acceptors (Lipinski definition) is 5. The summed E-state index contributed by atoms with van der Waals surface area (Å²) in [7, 11) is 1.85. The molecule has 0 amide bonds. The van der Waals surface area contributed by atoms with Crippen molar-refractivity contribution in [2.75, 3.05) is 44.7 Å². The van der Waals surface area contributed by atoms with Gasteiger partial charge in [-0.1, -0.05) is 19.8 Å². The summed E-state index contributed by atoms with van der Waals surface area (Å²) in [5, 5.41) is 15.2. The van der Waals surface area contributed by atoms with E-state index in [1.807, 2.05) is 7.05 Å². The number of thioether (sulfide) groups is 1. The Morgan fingerprint density at radius 3 is 2.73 bits per heavy atom. The summed E-state index contributed by atoms with van der Waals surface area (Å²) in [5.41, 5.74) is 0.322. The number of guanidine groups is 1. The molecule has 7 nitrogen and oxygen atoms in total. The largest absolute Gasteiger partial charge is 0.355 e. The maximum Gasteiger partial charge on any atom is 0.191 e. The van der Waals surface area contributed by atoms with Gasteiger partial charge >= 0.3 is 0 Å². The van der Waals surface area contributed by atoms with Crippen molar-refractivity contribution < 1.29 is 0 Å². The van der Waals surface area contributed by atoms with Gasteiger partial charge in [0.1, 0.15) is 12.2 Å². The minimum Gasteiger partial charge on any atom is -0.355 e. The van der Waals surface area contributed by atoms with Gasteiger partial charge in [0, 0.05) is 63.2 Å². The van der Waals surface area contributed by atoms with Crippen LogP contribution in [0.15, 0.2) is 11.3 Å². The van der Waals surface area contributed by atoms with E-state index in [0.717, 1.165) is 37.8 Å². The summed E-state index contributed by atoms with van der Waals surface area (Å²) in [6, 6.07) is 0. The second kappa shape index (κ2) is 9.60. The average molecular weight is 380 g/mol. The van der Waals surface area contributed by atoms with Crippen LogP contribution in [0.3, 0.4) is 0 Å². The van der Waals surface area contributed by atoms with Crippen LogP contribution >= 0.6 is 11.8 Å². The van der Waals surface area contributed by atoms with Crippen LogP contribution in [-0.2, 0) is 13.0 Å². The molecular formula is C18H33N7S. The van der Waals surface area contributed by atoms with Crippen molar-refractivity contribution in [3.8, 4) is 0 Å². The SMILES string of the molecule is CCc1nncn1CCNC(=NC)NCC1(N2CCSCC2)CCCC1. The predicted octanol–water partition coefficient (Wildman–Crippen LogP) is 1.37. The third kappa shape index (κ3) is 4.71. The topological polar surface area (TPSA) is 70.4 Å². The molecule has 8 heteroatoms. The van der Waals surface area contributed by atoms with Gasteiger partial charge in [0.05, 0.1) is 0 Å². The van der Waals surface area contributed by atoms with Gasteiger partial charge in [-0.25, -0.2) is 0 Å². The molecule has 1 aromatic heterocycles. The molecule has 1 saturated heterocycles. The Labute approximate surface area is 161 Å². The molecular weight excluding hydrogens is 346 g/mol. The number of hydrogen-bond donors (Lipinski definition) is 2. The minimum atomic E-state index is 0.322. The summed E-state index contributed by atoms with van der Waals surface area (Å²) in [5.74, 6) is 4.47. The maximum absolute atomic E-state index is 4.42. The Morgan fingerprint density at radius 1 is 1.27 bits per heavy atom. The normalized spacial score (nSPS) is 21.1. The van der Waals surface area contributed by atoms with Crippen molar-refractivity contribution in [2.45, 2.75) is 51.1 Å². The summed E-state index contributed by atoms with van der Waals surface area (Å²) < 4.78 is 2.10. The fourth-order valence-corrected chi connectivity index (χ4v) is 5.08. The van der Waals surface area contributed by atoms with E-state index in [4.69, 9.17) is 0 Å². The van der Waals surface area contributed by atoms with Crippen LogP contribution in [-0.4, -0.2) is 75.9 Å². The molecule has 0 aromatic carbocycles. The van der Waals surface area contributed by atoms with Gasteiger partial charge in [0.2, 0.25) is 0 Å². The molecule has 2 fully saturated rings. The van der Waals surface area contributed by atoms with Crippen LogP contribution in [0.4, 0.5) is 0 Å². The van der Waals surface area contributed by atoms with Gasteiger partial charge < -0.3 is 15.2 Å². The molecule has 0 atom stereocenters. The van der Waals surface area contributed by atoms with Crippen LogP contribution in [0.25, 0.3) is 0 Å². The molecule has 1 aliphatic heterocycles.